The van der Waals surface area contributed by atoms with Gasteiger partial charge in [-0.3, -0.25) is 0 Å². The maximum Gasteiger partial charge on any atom is 0.457 e. The zero-order valence-electron chi connectivity index (χ0n) is 2.86. The van der Waals surface area contributed by atoms with E-state index in [0.717, 1.165) is 0 Å². The molecule has 1 fully saturated rings. The van der Waals surface area contributed by atoms with Crippen LogP contribution in [0.3, 0.4) is 0 Å². The van der Waals surface area contributed by atoms with Gasteiger partial charge in [-0.15, -0.1) is 0 Å². The second-order valence-electron chi connectivity index (χ2n) is 0.680. The van der Waals surface area contributed by atoms with Gasteiger partial charge < -0.3 is 0 Å². The highest BCUT2D eigenvalue weighted by atomic mass is 32.3. The summed E-state index contributed by atoms with van der Waals surface area (Å²) in [6.07, 6.45) is 0. The third kappa shape index (κ3) is 1.08. The Morgan fingerprint density at radius 1 is 1.00 bits per heavy atom. The van der Waals surface area contributed by atoms with Gasteiger partial charge >= 0.3 is 10.4 Å². The lowest BCUT2D eigenvalue weighted by Crippen LogP contribution is -1.94. The van der Waals surface area contributed by atoms with Gasteiger partial charge in [0.2, 0.25) is 0 Å². The van der Waals surface area contributed by atoms with Crippen LogP contribution in [0.1, 0.15) is 0 Å². The molecular formula is O6S. The van der Waals surface area contributed by atoms with Crippen molar-refractivity contribution in [1.82, 2.24) is 0 Å². The monoisotopic (exact) mass is 128 g/mol. The molecule has 0 atom stereocenters. The van der Waals surface area contributed by atoms with Crippen LogP contribution in [0.4, 0.5) is 0 Å². The minimum Gasteiger partial charge on any atom is -0.164 e. The Bertz CT molecular complexity index is 128. The molecule has 1 saturated heterocycles. The third-order valence-electron chi connectivity index (χ3n) is 0.250. The molecule has 0 radical (unpaired) electrons. The molecule has 7 heavy (non-hydrogen) atoms. The summed E-state index contributed by atoms with van der Waals surface area (Å²) < 4.78 is 26.2. The first-order valence-corrected chi connectivity index (χ1v) is 2.50. The maximum atomic E-state index is 9.74. The second kappa shape index (κ2) is 1.39. The van der Waals surface area contributed by atoms with Crippen molar-refractivity contribution in [3.63, 3.8) is 0 Å². The lowest BCUT2D eigenvalue weighted by Gasteiger charge is -1.72. The minimum atomic E-state index is -3.99. The second-order valence-corrected chi connectivity index (χ2v) is 1.77. The zero-order valence-corrected chi connectivity index (χ0v) is 3.67. The molecule has 0 bridgehead atoms. The molecule has 1 aliphatic rings. The summed E-state index contributed by atoms with van der Waals surface area (Å²) in [5.74, 6) is 0. The molecule has 6 nitrogen and oxygen atoms in total. The zero-order chi connectivity index (χ0) is 5.33. The molecule has 0 aromatic heterocycles. The van der Waals surface area contributed by atoms with Gasteiger partial charge in [0.25, 0.3) is 0 Å². The highest BCUT2D eigenvalue weighted by Crippen LogP contribution is 2.05. The fourth-order valence-electron chi connectivity index (χ4n) is 0.102. The molecular weight excluding hydrogens is 128 g/mol. The van der Waals surface area contributed by atoms with Crippen LogP contribution >= 0.6 is 0 Å². The Morgan fingerprint density at radius 3 is 1.57 bits per heavy atom. The van der Waals surface area contributed by atoms with Crippen LogP contribution in [0.5, 0.6) is 0 Å². The summed E-state index contributed by atoms with van der Waals surface area (Å²) >= 11 is 0. The van der Waals surface area contributed by atoms with Gasteiger partial charge in [-0.1, -0.05) is 0 Å². The lowest BCUT2D eigenvalue weighted by molar-refractivity contribution is -0.532. The molecule has 0 spiro atoms. The number of hydrogen-bond acceptors (Lipinski definition) is 6. The first-order valence-electron chi connectivity index (χ1n) is 1.17. The van der Waals surface area contributed by atoms with Crippen molar-refractivity contribution in [3.8, 4) is 0 Å². The normalized spacial score (nSPS) is 28.0. The molecule has 0 unspecified atom stereocenters. The molecule has 0 aromatic rings. The van der Waals surface area contributed by atoms with E-state index in [0.29, 0.717) is 0 Å². The van der Waals surface area contributed by atoms with Crippen LogP contribution < -0.4 is 0 Å². The summed E-state index contributed by atoms with van der Waals surface area (Å²) in [4.78, 5) is 0. The van der Waals surface area contributed by atoms with Crippen molar-refractivity contribution < 1.29 is 27.2 Å². The fraction of sp³-hybridized carbons (Fsp3) is 0. The van der Waals surface area contributed by atoms with E-state index in [9.17, 15) is 8.42 Å². The highest BCUT2D eigenvalue weighted by molar-refractivity contribution is 7.81. The van der Waals surface area contributed by atoms with E-state index < -0.39 is 10.4 Å². The molecule has 0 saturated carbocycles. The van der Waals surface area contributed by atoms with Gasteiger partial charge in [-0.25, -0.2) is 0 Å². The van der Waals surface area contributed by atoms with Crippen molar-refractivity contribution in [2.24, 2.45) is 0 Å². The molecule has 1 heterocycles. The van der Waals surface area contributed by atoms with Crippen LogP contribution in [-0.2, 0) is 29.1 Å². The molecule has 42 valence electrons. The third-order valence-corrected chi connectivity index (χ3v) is 0.694. The van der Waals surface area contributed by atoms with Crippen molar-refractivity contribution in [3.05, 3.63) is 0 Å². The average molecular weight is 128 g/mol. The highest BCUT2D eigenvalue weighted by Gasteiger charge is 2.23. The smallest absolute Gasteiger partial charge is 0.164 e. The van der Waals surface area contributed by atoms with E-state index in [2.05, 4.69) is 18.7 Å². The predicted octanol–water partition coefficient (Wildman–Crippen LogP) is -0.944. The topological polar surface area (TPSA) is 71.1 Å². The first kappa shape index (κ1) is 4.94. The number of rotatable bonds is 0. The molecule has 0 amide bonds. The Hall–Kier alpha value is -0.210. The van der Waals surface area contributed by atoms with Gasteiger partial charge in [-0.2, -0.15) is 8.42 Å². The Morgan fingerprint density at radius 2 is 1.43 bits per heavy atom. The van der Waals surface area contributed by atoms with E-state index in [1.165, 1.54) is 0 Å². The van der Waals surface area contributed by atoms with Crippen LogP contribution in [0.25, 0.3) is 0 Å². The fourth-order valence-corrected chi connectivity index (χ4v) is 0.306. The van der Waals surface area contributed by atoms with Gasteiger partial charge in [0.15, 0.2) is 0 Å². The van der Waals surface area contributed by atoms with E-state index in [1.54, 1.807) is 0 Å². The Labute approximate surface area is 38.7 Å². The van der Waals surface area contributed by atoms with Gasteiger partial charge in [-0.05, 0) is 18.7 Å². The molecule has 0 N–H and O–H groups in total. The van der Waals surface area contributed by atoms with Gasteiger partial charge in [0.05, 0.1) is 0 Å². The number of hydrogen-bond donors (Lipinski definition) is 0. The van der Waals surface area contributed by atoms with Crippen molar-refractivity contribution >= 4 is 10.4 Å². The summed E-state index contributed by atoms with van der Waals surface area (Å²) in [6, 6.07) is 0. The summed E-state index contributed by atoms with van der Waals surface area (Å²) in [6.45, 7) is 0. The average Bonchev–Trinajstić information content (AvgIpc) is 1.84. The quantitative estimate of drug-likeness (QED) is 0.392. The Kier molecular flexibility index (Phi) is 0.978. The maximum absolute atomic E-state index is 9.74. The van der Waals surface area contributed by atoms with E-state index >= 15 is 0 Å². The van der Waals surface area contributed by atoms with Gasteiger partial charge in [0, 0.05) is 0 Å². The summed E-state index contributed by atoms with van der Waals surface area (Å²) in [5, 5.41) is 6.70. The van der Waals surface area contributed by atoms with Crippen LogP contribution in [0, 0.1) is 0 Å². The van der Waals surface area contributed by atoms with Crippen molar-refractivity contribution in [1.29, 1.82) is 0 Å². The first-order chi connectivity index (χ1) is 3.21. The molecule has 1 aliphatic heterocycles. The predicted molar refractivity (Wildman–Crippen MR) is 13.3 cm³/mol. The SMILES string of the molecule is O=S1(=O)OOOO1. The lowest BCUT2D eigenvalue weighted by atomic mass is 14.4. The van der Waals surface area contributed by atoms with E-state index in [-0.39, 0.29) is 0 Å². The van der Waals surface area contributed by atoms with E-state index in [1.807, 2.05) is 0 Å². The molecule has 7 heteroatoms. The molecule has 0 aromatic carbocycles. The van der Waals surface area contributed by atoms with Crippen molar-refractivity contribution in [2.75, 3.05) is 0 Å². The van der Waals surface area contributed by atoms with E-state index in [4.69, 9.17) is 0 Å². The molecule has 1 rings (SSSR count). The van der Waals surface area contributed by atoms with Crippen molar-refractivity contribution in [2.45, 2.75) is 0 Å². The largest absolute Gasteiger partial charge is 0.457 e. The van der Waals surface area contributed by atoms with Gasteiger partial charge in [0.1, 0.15) is 0 Å². The van der Waals surface area contributed by atoms with Crippen LogP contribution in [0.2, 0.25) is 0 Å². The van der Waals surface area contributed by atoms with Crippen LogP contribution in [0.15, 0.2) is 0 Å². The minimum absolute atomic E-state index is 3.35. The summed E-state index contributed by atoms with van der Waals surface area (Å²) in [5.41, 5.74) is 0. The van der Waals surface area contributed by atoms with Crippen LogP contribution in [-0.4, -0.2) is 8.42 Å². The molecule has 0 aliphatic carbocycles. The summed E-state index contributed by atoms with van der Waals surface area (Å²) in [7, 11) is -3.99. The standard InChI is InChI=1S/O6S/c1-7(2)5-3-4-6-7. The Balaban J connectivity index is 2.76.